The van der Waals surface area contributed by atoms with Gasteiger partial charge in [-0.2, -0.15) is 0 Å². The highest BCUT2D eigenvalue weighted by Gasteiger charge is 2.25. The van der Waals surface area contributed by atoms with Crippen LogP contribution in [0.1, 0.15) is 0 Å². The van der Waals surface area contributed by atoms with Crippen molar-refractivity contribution in [2.75, 3.05) is 0 Å². The molecule has 0 saturated carbocycles. The van der Waals surface area contributed by atoms with Crippen LogP contribution in [0.15, 0.2) is 16.8 Å². The van der Waals surface area contributed by atoms with Crippen LogP contribution in [0.2, 0.25) is 0 Å². The van der Waals surface area contributed by atoms with Crippen LogP contribution >= 0.6 is 0 Å². The molecule has 0 radical (unpaired) electrons. The van der Waals surface area contributed by atoms with Gasteiger partial charge in [0.15, 0.2) is 5.82 Å². The molecule has 1 aromatic heterocycles. The normalized spacial score (nSPS) is 10.6. The molecule has 2 rings (SSSR count). The number of hydrogen-bond donors (Lipinski definition) is 0. The van der Waals surface area contributed by atoms with E-state index in [0.29, 0.717) is 0 Å². The topological polar surface area (TPSA) is 96.1 Å². The Balaban J connectivity index is 2.90. The van der Waals surface area contributed by atoms with Gasteiger partial charge in [0, 0.05) is 6.07 Å². The van der Waals surface area contributed by atoms with Crippen LogP contribution in [0.25, 0.3) is 11.0 Å². The number of hydrogen-bond acceptors (Lipinski definition) is 5. The Morgan fingerprint density at radius 1 is 1.57 bits per heavy atom. The fourth-order valence-corrected chi connectivity index (χ4v) is 1.07. The van der Waals surface area contributed by atoms with Crippen molar-refractivity contribution in [3.63, 3.8) is 0 Å². The summed E-state index contributed by atoms with van der Waals surface area (Å²) in [5.74, 6) is -0.915. The van der Waals surface area contributed by atoms with Crippen molar-refractivity contribution in [2.45, 2.75) is 0 Å². The maximum atomic E-state index is 13.0. The lowest BCUT2D eigenvalue weighted by molar-refractivity contribution is -0.782. The quantitative estimate of drug-likeness (QED) is 0.378. The number of aromatic nitrogens is 2. The second-order valence-electron chi connectivity index (χ2n) is 2.45. The lowest BCUT2D eigenvalue weighted by Crippen LogP contribution is -2.23. The molecule has 0 amide bonds. The van der Waals surface area contributed by atoms with E-state index in [1.54, 1.807) is 0 Å². The number of fused-ring (bicyclic) bond motifs is 1. The average Bonchev–Trinajstić information content (AvgIpc) is 2.49. The molecule has 7 nitrogen and oxygen atoms in total. The monoisotopic (exact) mass is 199 g/mol. The zero-order valence-electron chi connectivity index (χ0n) is 6.51. The molecular formula is C6H2FN3O4. The van der Waals surface area contributed by atoms with Crippen molar-refractivity contribution >= 4 is 16.7 Å². The molecule has 0 aliphatic rings. The first-order valence-electron chi connectivity index (χ1n) is 3.43. The number of nitro groups is 1. The molecule has 0 unspecified atom stereocenters. The maximum Gasteiger partial charge on any atom is 0.328 e. The molecule has 14 heavy (non-hydrogen) atoms. The van der Waals surface area contributed by atoms with Crippen molar-refractivity contribution in [3.05, 3.63) is 33.3 Å². The molecule has 0 saturated heterocycles. The fraction of sp³-hybridized carbons (Fsp3) is 0. The van der Waals surface area contributed by atoms with Gasteiger partial charge in [0.1, 0.15) is 0 Å². The van der Waals surface area contributed by atoms with Crippen LogP contribution in [0.3, 0.4) is 0 Å². The van der Waals surface area contributed by atoms with Crippen molar-refractivity contribution in [2.24, 2.45) is 0 Å². The van der Waals surface area contributed by atoms with E-state index in [-0.39, 0.29) is 4.90 Å². The molecule has 1 aromatic carbocycles. The number of benzene rings is 1. The predicted molar refractivity (Wildman–Crippen MR) is 39.6 cm³/mol. The van der Waals surface area contributed by atoms with Crippen molar-refractivity contribution in [1.82, 2.24) is 5.16 Å². The van der Waals surface area contributed by atoms with Crippen molar-refractivity contribution in [1.29, 1.82) is 0 Å². The minimum absolute atomic E-state index is 0.211. The Hall–Kier alpha value is -2.25. The lowest BCUT2D eigenvalue weighted by Gasteiger charge is -1.90. The third-order valence-electron chi connectivity index (χ3n) is 1.67. The minimum atomic E-state index is -0.915. The van der Waals surface area contributed by atoms with Gasteiger partial charge in [0.05, 0.1) is 10.1 Å². The summed E-state index contributed by atoms with van der Waals surface area (Å²) in [6, 6.07) is 1.73. The van der Waals surface area contributed by atoms with E-state index in [9.17, 15) is 19.7 Å². The highest BCUT2D eigenvalue weighted by atomic mass is 19.1. The molecule has 0 aliphatic heterocycles. The van der Waals surface area contributed by atoms with E-state index in [2.05, 4.69) is 9.79 Å². The molecule has 72 valence electrons. The summed E-state index contributed by atoms with van der Waals surface area (Å²) in [6.45, 7) is 0. The third kappa shape index (κ3) is 0.969. The highest BCUT2D eigenvalue weighted by molar-refractivity contribution is 5.81. The molecular weight excluding hydrogens is 197 g/mol. The number of rotatable bonds is 1. The zero-order chi connectivity index (χ0) is 10.3. The molecule has 0 bridgehead atoms. The largest absolute Gasteiger partial charge is 0.359 e. The SMILES string of the molecule is O=[N+]([O-])c1ccc(F)c2c1no[n+]2[O-]. The second kappa shape index (κ2) is 2.62. The average molecular weight is 199 g/mol. The molecule has 2 aromatic rings. The van der Waals surface area contributed by atoms with Gasteiger partial charge in [0.2, 0.25) is 0 Å². The Kier molecular flexibility index (Phi) is 1.56. The molecule has 0 fully saturated rings. The molecule has 0 spiro atoms. The van der Waals surface area contributed by atoms with Crippen LogP contribution in [0.5, 0.6) is 0 Å². The summed E-state index contributed by atoms with van der Waals surface area (Å²) in [7, 11) is 0. The maximum absolute atomic E-state index is 13.0. The number of non-ortho nitro benzene ring substituents is 1. The summed E-state index contributed by atoms with van der Waals surface area (Å²) in [5.41, 5.74) is -1.44. The van der Waals surface area contributed by atoms with Crippen LogP contribution in [0, 0.1) is 21.1 Å². The number of halogens is 1. The predicted octanol–water partition coefficient (Wildman–Crippen LogP) is 0.509. The van der Waals surface area contributed by atoms with E-state index in [0.717, 1.165) is 12.1 Å². The summed E-state index contributed by atoms with van der Waals surface area (Å²) >= 11 is 0. The van der Waals surface area contributed by atoms with Gasteiger partial charge >= 0.3 is 11.2 Å². The molecule has 1 heterocycles. The van der Waals surface area contributed by atoms with Gasteiger partial charge in [-0.1, -0.05) is 0 Å². The summed E-state index contributed by atoms with van der Waals surface area (Å²) < 4.78 is 17.0. The van der Waals surface area contributed by atoms with Crippen LogP contribution in [-0.4, -0.2) is 10.1 Å². The summed E-state index contributed by atoms with van der Waals surface area (Å²) in [4.78, 5) is 9.44. The molecule has 0 atom stereocenters. The van der Waals surface area contributed by atoms with Crippen LogP contribution < -0.4 is 4.90 Å². The van der Waals surface area contributed by atoms with Gasteiger partial charge in [-0.25, -0.2) is 4.39 Å². The Labute approximate surface area is 75.0 Å². The first kappa shape index (κ1) is 8.35. The lowest BCUT2D eigenvalue weighted by atomic mass is 10.2. The zero-order valence-corrected chi connectivity index (χ0v) is 6.51. The van der Waals surface area contributed by atoms with Crippen LogP contribution in [-0.2, 0) is 0 Å². The minimum Gasteiger partial charge on any atom is -0.359 e. The van der Waals surface area contributed by atoms with E-state index in [4.69, 9.17) is 0 Å². The van der Waals surface area contributed by atoms with Gasteiger partial charge in [-0.05, 0) is 11.0 Å². The van der Waals surface area contributed by atoms with Gasteiger partial charge in [-0.15, -0.1) is 0 Å². The van der Waals surface area contributed by atoms with E-state index < -0.39 is 27.5 Å². The smallest absolute Gasteiger partial charge is 0.328 e. The first-order chi connectivity index (χ1) is 6.61. The third-order valence-corrected chi connectivity index (χ3v) is 1.67. The van der Waals surface area contributed by atoms with Crippen molar-refractivity contribution in [3.8, 4) is 0 Å². The number of nitrogens with zero attached hydrogens (tertiary/aromatic N) is 3. The first-order valence-corrected chi connectivity index (χ1v) is 3.43. The Bertz CT molecular complexity index is 523. The fourth-order valence-electron chi connectivity index (χ4n) is 1.07. The number of nitro benzene ring substituents is 1. The summed E-state index contributed by atoms with van der Waals surface area (Å²) in [6.07, 6.45) is 0. The van der Waals surface area contributed by atoms with E-state index in [1.807, 2.05) is 0 Å². The molecule has 0 aliphatic carbocycles. The van der Waals surface area contributed by atoms with Gasteiger partial charge < -0.3 is 5.21 Å². The van der Waals surface area contributed by atoms with Crippen molar-refractivity contribution < 1.29 is 18.8 Å². The Morgan fingerprint density at radius 2 is 2.29 bits per heavy atom. The van der Waals surface area contributed by atoms with Gasteiger partial charge in [0.25, 0.3) is 5.52 Å². The van der Waals surface area contributed by atoms with E-state index in [1.165, 1.54) is 0 Å². The standard InChI is InChI=1S/C6H2FN3O4/c7-3-1-2-4(9(11)12)5-6(3)10(13)14-8-5/h1-2H. The Morgan fingerprint density at radius 3 is 2.93 bits per heavy atom. The van der Waals surface area contributed by atoms with E-state index >= 15 is 0 Å². The second-order valence-corrected chi connectivity index (χ2v) is 2.45. The van der Waals surface area contributed by atoms with Crippen LogP contribution in [0.4, 0.5) is 10.1 Å². The highest BCUT2D eigenvalue weighted by Crippen LogP contribution is 2.23. The molecule has 0 N–H and O–H groups in total. The van der Waals surface area contributed by atoms with Gasteiger partial charge in [-0.3, -0.25) is 14.7 Å². The molecule has 8 heteroatoms. The summed E-state index contributed by atoms with van der Waals surface area (Å²) in [5, 5.41) is 24.3.